The quantitative estimate of drug-likeness (QED) is 0.646. The molecule has 0 aromatic heterocycles. The fourth-order valence-electron chi connectivity index (χ4n) is 3.95. The summed E-state index contributed by atoms with van der Waals surface area (Å²) in [5, 5.41) is 2.88. The molecular formula is C20H21FN4O2. The summed E-state index contributed by atoms with van der Waals surface area (Å²) in [5.41, 5.74) is 8.69. The van der Waals surface area contributed by atoms with Crippen LogP contribution in [0.2, 0.25) is 0 Å². The highest BCUT2D eigenvalue weighted by Crippen LogP contribution is 2.31. The van der Waals surface area contributed by atoms with Crippen LogP contribution in [0.4, 0.5) is 20.6 Å². The number of anilines is 2. The highest BCUT2D eigenvalue weighted by molar-refractivity contribution is 5.94. The lowest BCUT2D eigenvalue weighted by Gasteiger charge is -2.38. The van der Waals surface area contributed by atoms with Crippen LogP contribution in [0.25, 0.3) is 11.1 Å². The number of rotatable bonds is 3. The van der Waals surface area contributed by atoms with Crippen molar-refractivity contribution in [1.82, 2.24) is 9.80 Å². The molecule has 4 rings (SSSR count). The van der Waals surface area contributed by atoms with Gasteiger partial charge in [-0.15, -0.1) is 0 Å². The van der Waals surface area contributed by atoms with Gasteiger partial charge < -0.3 is 20.9 Å². The maximum Gasteiger partial charge on any atom is 0.322 e. The third kappa shape index (κ3) is 3.32. The van der Waals surface area contributed by atoms with Crippen molar-refractivity contribution in [1.29, 1.82) is 0 Å². The van der Waals surface area contributed by atoms with Gasteiger partial charge in [0.15, 0.2) is 0 Å². The number of nitrogens with two attached hydrogens (primary N) is 1. The first-order chi connectivity index (χ1) is 13.0. The van der Waals surface area contributed by atoms with E-state index in [1.165, 1.54) is 12.1 Å². The molecule has 2 bridgehead atoms. The van der Waals surface area contributed by atoms with Crippen molar-refractivity contribution < 1.29 is 14.0 Å². The predicted molar refractivity (Wildman–Crippen MR) is 102 cm³/mol. The van der Waals surface area contributed by atoms with Crippen LogP contribution in [0.1, 0.15) is 12.8 Å². The Morgan fingerprint density at radius 3 is 2.33 bits per heavy atom. The largest absolute Gasteiger partial charge is 0.397 e. The Labute approximate surface area is 156 Å². The van der Waals surface area contributed by atoms with E-state index in [2.05, 4.69) is 5.32 Å². The number of nitrogen functional groups attached to an aromatic ring is 1. The Morgan fingerprint density at radius 1 is 1.07 bits per heavy atom. The summed E-state index contributed by atoms with van der Waals surface area (Å²) in [4.78, 5) is 27.5. The zero-order chi connectivity index (χ0) is 19.0. The van der Waals surface area contributed by atoms with E-state index in [1.807, 2.05) is 11.0 Å². The third-order valence-corrected chi connectivity index (χ3v) is 5.42. The van der Waals surface area contributed by atoms with Gasteiger partial charge in [0.1, 0.15) is 5.82 Å². The first-order valence-electron chi connectivity index (χ1n) is 8.99. The molecular weight excluding hydrogens is 347 g/mol. The fourth-order valence-corrected chi connectivity index (χ4v) is 3.95. The number of hydrogen-bond acceptors (Lipinski definition) is 3. The molecule has 2 saturated heterocycles. The molecule has 2 fully saturated rings. The average Bonchev–Trinajstić information content (AvgIpc) is 2.91. The van der Waals surface area contributed by atoms with Gasteiger partial charge in [0.2, 0.25) is 6.41 Å². The SMILES string of the molecule is Nc1ccc(-c2ccc(F)cc2)cc1NC(=O)N1CC2CCC(C1)N2C=O. The normalized spacial score (nSPS) is 21.2. The molecule has 7 heteroatoms. The van der Waals surface area contributed by atoms with Gasteiger partial charge in [-0.25, -0.2) is 9.18 Å². The first kappa shape index (κ1) is 17.3. The Balaban J connectivity index is 1.51. The van der Waals surface area contributed by atoms with Crippen LogP contribution >= 0.6 is 0 Å². The van der Waals surface area contributed by atoms with E-state index in [0.717, 1.165) is 30.4 Å². The van der Waals surface area contributed by atoms with Crippen molar-refractivity contribution in [3.8, 4) is 11.1 Å². The number of piperazine rings is 1. The second-order valence-corrected chi connectivity index (χ2v) is 7.08. The Kier molecular flexibility index (Phi) is 4.43. The van der Waals surface area contributed by atoms with E-state index < -0.39 is 0 Å². The number of benzene rings is 2. The van der Waals surface area contributed by atoms with Crippen LogP contribution in [0, 0.1) is 5.82 Å². The van der Waals surface area contributed by atoms with Crippen molar-refractivity contribution in [2.75, 3.05) is 24.1 Å². The van der Waals surface area contributed by atoms with Crippen LogP contribution in [0.15, 0.2) is 42.5 Å². The number of nitrogens with zero attached hydrogens (tertiary/aromatic N) is 2. The van der Waals surface area contributed by atoms with Crippen molar-refractivity contribution in [2.45, 2.75) is 24.9 Å². The number of likely N-dealkylation sites (tertiary alicyclic amines) is 1. The molecule has 2 aliphatic heterocycles. The summed E-state index contributed by atoms with van der Waals surface area (Å²) in [6, 6.07) is 11.5. The fraction of sp³-hybridized carbons (Fsp3) is 0.300. The summed E-state index contributed by atoms with van der Waals surface area (Å²) >= 11 is 0. The lowest BCUT2D eigenvalue weighted by atomic mass is 10.0. The minimum atomic E-state index is -0.299. The molecule has 3 amide bonds. The zero-order valence-corrected chi connectivity index (χ0v) is 14.8. The van der Waals surface area contributed by atoms with E-state index in [9.17, 15) is 14.0 Å². The number of carbonyl (C=O) groups is 2. The van der Waals surface area contributed by atoms with Gasteiger partial charge in [0, 0.05) is 25.2 Å². The Morgan fingerprint density at radius 2 is 1.70 bits per heavy atom. The van der Waals surface area contributed by atoms with Gasteiger partial charge in [-0.3, -0.25) is 4.79 Å². The second kappa shape index (κ2) is 6.90. The van der Waals surface area contributed by atoms with Gasteiger partial charge >= 0.3 is 6.03 Å². The summed E-state index contributed by atoms with van der Waals surface area (Å²) in [7, 11) is 0. The molecule has 6 nitrogen and oxygen atoms in total. The van der Waals surface area contributed by atoms with Crippen molar-refractivity contribution in [3.05, 3.63) is 48.3 Å². The van der Waals surface area contributed by atoms with Crippen molar-refractivity contribution >= 4 is 23.8 Å². The van der Waals surface area contributed by atoms with Gasteiger partial charge in [-0.2, -0.15) is 0 Å². The summed E-state index contributed by atoms with van der Waals surface area (Å²) in [5.74, 6) is -0.299. The molecule has 27 heavy (non-hydrogen) atoms. The van der Waals surface area contributed by atoms with Crippen molar-refractivity contribution in [2.24, 2.45) is 0 Å². The number of fused-ring (bicyclic) bond motifs is 2. The molecule has 0 saturated carbocycles. The van der Waals surface area contributed by atoms with E-state index in [4.69, 9.17) is 5.73 Å². The highest BCUT2D eigenvalue weighted by atomic mass is 19.1. The Bertz CT molecular complexity index is 857. The first-order valence-corrected chi connectivity index (χ1v) is 8.99. The number of carbonyl (C=O) groups excluding carboxylic acids is 2. The van der Waals surface area contributed by atoms with Gasteiger partial charge in [-0.05, 0) is 48.2 Å². The maximum absolute atomic E-state index is 13.1. The molecule has 3 N–H and O–H groups in total. The molecule has 2 heterocycles. The highest BCUT2D eigenvalue weighted by Gasteiger charge is 2.40. The monoisotopic (exact) mass is 368 g/mol. The molecule has 2 aliphatic rings. The third-order valence-electron chi connectivity index (χ3n) is 5.42. The summed E-state index contributed by atoms with van der Waals surface area (Å²) in [6.07, 6.45) is 2.74. The van der Waals surface area contributed by atoms with E-state index in [1.54, 1.807) is 29.2 Å². The minimum Gasteiger partial charge on any atom is -0.397 e. The van der Waals surface area contributed by atoms with Crippen LogP contribution in [-0.4, -0.2) is 47.4 Å². The maximum atomic E-state index is 13.1. The average molecular weight is 368 g/mol. The molecule has 0 spiro atoms. The van der Waals surface area contributed by atoms with Crippen LogP contribution < -0.4 is 11.1 Å². The van der Waals surface area contributed by atoms with Crippen LogP contribution in [0.3, 0.4) is 0 Å². The van der Waals surface area contributed by atoms with Gasteiger partial charge in [0.05, 0.1) is 11.4 Å². The minimum absolute atomic E-state index is 0.0925. The van der Waals surface area contributed by atoms with E-state index in [-0.39, 0.29) is 23.9 Å². The van der Waals surface area contributed by atoms with E-state index >= 15 is 0 Å². The molecule has 2 aromatic rings. The molecule has 0 aliphatic carbocycles. The predicted octanol–water partition coefficient (Wildman–Crippen LogP) is 2.91. The van der Waals surface area contributed by atoms with Gasteiger partial charge in [0.25, 0.3) is 0 Å². The summed E-state index contributed by atoms with van der Waals surface area (Å²) < 4.78 is 13.1. The second-order valence-electron chi connectivity index (χ2n) is 7.08. The van der Waals surface area contributed by atoms with Crippen LogP contribution in [0.5, 0.6) is 0 Å². The van der Waals surface area contributed by atoms with Crippen LogP contribution in [-0.2, 0) is 4.79 Å². The molecule has 2 aromatic carbocycles. The standard InChI is InChI=1S/C20H21FN4O2/c21-15-4-1-13(2-5-15)14-3-8-18(22)19(9-14)23-20(27)24-10-16-6-7-17(11-24)25(16)12-26/h1-5,8-9,12,16-17H,6-7,10-11,22H2,(H,23,27). The lowest BCUT2D eigenvalue weighted by molar-refractivity contribution is -0.122. The van der Waals surface area contributed by atoms with E-state index in [0.29, 0.717) is 24.5 Å². The number of amides is 3. The molecule has 2 atom stereocenters. The smallest absolute Gasteiger partial charge is 0.322 e. The number of nitrogens with one attached hydrogen (secondary N) is 1. The number of hydrogen-bond donors (Lipinski definition) is 2. The van der Waals surface area contributed by atoms with Crippen molar-refractivity contribution in [3.63, 3.8) is 0 Å². The van der Waals surface area contributed by atoms with Gasteiger partial charge in [-0.1, -0.05) is 18.2 Å². The number of halogens is 1. The summed E-state index contributed by atoms with van der Waals surface area (Å²) in [6.45, 7) is 1.05. The zero-order valence-electron chi connectivity index (χ0n) is 14.8. The molecule has 0 radical (unpaired) electrons. The topological polar surface area (TPSA) is 78.7 Å². The molecule has 140 valence electrons. The lowest BCUT2D eigenvalue weighted by Crippen LogP contribution is -2.55. The Hall–Kier alpha value is -3.09. The molecule has 2 unspecified atom stereocenters. The number of urea groups is 1.